The summed E-state index contributed by atoms with van der Waals surface area (Å²) in [6, 6.07) is 13.7. The molecule has 0 fully saturated rings. The topological polar surface area (TPSA) is 53.0 Å². The molecule has 0 aliphatic rings. The zero-order valence-corrected chi connectivity index (χ0v) is 13.1. The zero-order chi connectivity index (χ0) is 14.7. The molecule has 0 spiro atoms. The number of nitrogens with zero attached hydrogens (tertiary/aromatic N) is 2. The summed E-state index contributed by atoms with van der Waals surface area (Å²) >= 11 is 3.49. The Morgan fingerprint density at radius 3 is 2.70 bits per heavy atom. The SMILES string of the molecule is Cc1ccc(Br)cc1CN(C)c1cc(C#N)ccc1N. The molecule has 0 radical (unpaired) electrons. The van der Waals surface area contributed by atoms with Gasteiger partial charge in [-0.1, -0.05) is 22.0 Å². The largest absolute Gasteiger partial charge is 0.397 e. The second-order valence-corrected chi connectivity index (χ2v) is 5.73. The van der Waals surface area contributed by atoms with Gasteiger partial charge in [-0.05, 0) is 48.4 Å². The predicted molar refractivity (Wildman–Crippen MR) is 86.6 cm³/mol. The minimum Gasteiger partial charge on any atom is -0.397 e. The maximum atomic E-state index is 8.99. The number of hydrogen-bond acceptors (Lipinski definition) is 3. The Morgan fingerprint density at radius 1 is 1.25 bits per heavy atom. The number of nitrogen functional groups attached to an aromatic ring is 1. The van der Waals surface area contributed by atoms with E-state index in [-0.39, 0.29) is 0 Å². The Morgan fingerprint density at radius 2 is 2.00 bits per heavy atom. The van der Waals surface area contributed by atoms with Crippen LogP contribution >= 0.6 is 15.9 Å². The van der Waals surface area contributed by atoms with Gasteiger partial charge in [0.05, 0.1) is 23.0 Å². The average Bonchev–Trinajstić information content (AvgIpc) is 2.43. The van der Waals surface area contributed by atoms with Gasteiger partial charge in [0.15, 0.2) is 0 Å². The van der Waals surface area contributed by atoms with Gasteiger partial charge >= 0.3 is 0 Å². The van der Waals surface area contributed by atoms with E-state index in [9.17, 15) is 0 Å². The highest BCUT2D eigenvalue weighted by Gasteiger charge is 2.09. The van der Waals surface area contributed by atoms with E-state index < -0.39 is 0 Å². The van der Waals surface area contributed by atoms with Gasteiger partial charge in [0.2, 0.25) is 0 Å². The van der Waals surface area contributed by atoms with Crippen LogP contribution in [-0.4, -0.2) is 7.05 Å². The molecule has 0 aliphatic heterocycles. The van der Waals surface area contributed by atoms with Crippen LogP contribution in [0.5, 0.6) is 0 Å². The van der Waals surface area contributed by atoms with Gasteiger partial charge in [-0.25, -0.2) is 0 Å². The number of hydrogen-bond donors (Lipinski definition) is 1. The first-order chi connectivity index (χ1) is 9.51. The van der Waals surface area contributed by atoms with Crippen LogP contribution in [0.1, 0.15) is 16.7 Å². The van der Waals surface area contributed by atoms with Crippen molar-refractivity contribution >= 4 is 27.3 Å². The molecule has 20 heavy (non-hydrogen) atoms. The summed E-state index contributed by atoms with van der Waals surface area (Å²) in [6.07, 6.45) is 0. The van der Waals surface area contributed by atoms with Crippen LogP contribution in [-0.2, 0) is 6.54 Å². The summed E-state index contributed by atoms with van der Waals surface area (Å²) < 4.78 is 1.06. The molecule has 4 heteroatoms. The van der Waals surface area contributed by atoms with E-state index in [1.807, 2.05) is 19.2 Å². The predicted octanol–water partition coefficient (Wildman–Crippen LogP) is 3.85. The molecule has 0 atom stereocenters. The molecule has 0 saturated heterocycles. The van der Waals surface area contributed by atoms with Crippen LogP contribution in [0.15, 0.2) is 40.9 Å². The van der Waals surface area contributed by atoms with E-state index in [2.05, 4.69) is 46.0 Å². The molecule has 2 rings (SSSR count). The summed E-state index contributed by atoms with van der Waals surface area (Å²) in [4.78, 5) is 2.06. The third-order valence-corrected chi connectivity index (χ3v) is 3.78. The minimum atomic E-state index is 0.618. The lowest BCUT2D eigenvalue weighted by atomic mass is 10.1. The van der Waals surface area contributed by atoms with Crippen molar-refractivity contribution in [3.8, 4) is 6.07 Å². The molecule has 0 bridgehead atoms. The van der Waals surface area contributed by atoms with Crippen molar-refractivity contribution in [2.45, 2.75) is 13.5 Å². The summed E-state index contributed by atoms with van der Waals surface area (Å²) in [5.41, 5.74) is 10.6. The van der Waals surface area contributed by atoms with E-state index in [1.54, 1.807) is 12.1 Å². The lowest BCUT2D eigenvalue weighted by Crippen LogP contribution is -2.18. The average molecular weight is 330 g/mol. The van der Waals surface area contributed by atoms with E-state index in [4.69, 9.17) is 11.0 Å². The molecule has 2 aromatic carbocycles. The van der Waals surface area contributed by atoms with Crippen molar-refractivity contribution in [1.29, 1.82) is 5.26 Å². The Balaban J connectivity index is 2.30. The van der Waals surface area contributed by atoms with Gasteiger partial charge in [-0.15, -0.1) is 0 Å². The Kier molecular flexibility index (Phi) is 4.31. The highest BCUT2D eigenvalue weighted by atomic mass is 79.9. The molecular weight excluding hydrogens is 314 g/mol. The highest BCUT2D eigenvalue weighted by molar-refractivity contribution is 9.10. The van der Waals surface area contributed by atoms with Crippen molar-refractivity contribution in [3.63, 3.8) is 0 Å². The van der Waals surface area contributed by atoms with Gasteiger partial charge in [-0.3, -0.25) is 0 Å². The molecule has 2 N–H and O–H groups in total. The normalized spacial score (nSPS) is 10.1. The molecule has 2 aromatic rings. The van der Waals surface area contributed by atoms with E-state index in [1.165, 1.54) is 11.1 Å². The summed E-state index contributed by atoms with van der Waals surface area (Å²) in [7, 11) is 1.98. The van der Waals surface area contributed by atoms with Gasteiger partial charge in [0, 0.05) is 18.1 Å². The first kappa shape index (κ1) is 14.4. The summed E-state index contributed by atoms with van der Waals surface area (Å²) in [5, 5.41) is 8.99. The lowest BCUT2D eigenvalue weighted by Gasteiger charge is -2.22. The van der Waals surface area contributed by atoms with Gasteiger partial charge in [0.25, 0.3) is 0 Å². The van der Waals surface area contributed by atoms with E-state index >= 15 is 0 Å². The zero-order valence-electron chi connectivity index (χ0n) is 11.5. The van der Waals surface area contributed by atoms with Crippen LogP contribution in [0.4, 0.5) is 11.4 Å². The van der Waals surface area contributed by atoms with Crippen molar-refractivity contribution < 1.29 is 0 Å². The number of benzene rings is 2. The first-order valence-electron chi connectivity index (χ1n) is 6.27. The Labute approximate surface area is 127 Å². The van der Waals surface area contributed by atoms with Crippen molar-refractivity contribution in [3.05, 3.63) is 57.6 Å². The number of halogens is 1. The summed E-state index contributed by atoms with van der Waals surface area (Å²) in [5.74, 6) is 0. The number of aryl methyl sites for hydroxylation is 1. The molecule has 0 amide bonds. The van der Waals surface area contributed by atoms with E-state index in [0.717, 1.165) is 16.7 Å². The van der Waals surface area contributed by atoms with Crippen LogP contribution in [0.25, 0.3) is 0 Å². The second-order valence-electron chi connectivity index (χ2n) is 4.81. The molecule has 102 valence electrons. The van der Waals surface area contributed by atoms with E-state index in [0.29, 0.717) is 11.3 Å². The number of nitriles is 1. The van der Waals surface area contributed by atoms with Crippen LogP contribution < -0.4 is 10.6 Å². The molecule has 0 aliphatic carbocycles. The van der Waals surface area contributed by atoms with Crippen LogP contribution in [0, 0.1) is 18.3 Å². The first-order valence-corrected chi connectivity index (χ1v) is 7.06. The maximum Gasteiger partial charge on any atom is 0.0992 e. The lowest BCUT2D eigenvalue weighted by molar-refractivity contribution is 0.914. The Hall–Kier alpha value is -1.99. The van der Waals surface area contributed by atoms with Gasteiger partial charge < -0.3 is 10.6 Å². The quantitative estimate of drug-likeness (QED) is 0.870. The third kappa shape index (κ3) is 3.12. The smallest absolute Gasteiger partial charge is 0.0992 e. The third-order valence-electron chi connectivity index (χ3n) is 3.29. The highest BCUT2D eigenvalue weighted by Crippen LogP contribution is 2.26. The molecule has 0 saturated carbocycles. The molecule has 0 heterocycles. The van der Waals surface area contributed by atoms with Gasteiger partial charge in [-0.2, -0.15) is 5.26 Å². The fourth-order valence-electron chi connectivity index (χ4n) is 2.09. The molecular formula is C16H16BrN3. The fraction of sp³-hybridized carbons (Fsp3) is 0.188. The van der Waals surface area contributed by atoms with Gasteiger partial charge in [0.1, 0.15) is 0 Å². The molecule has 0 aromatic heterocycles. The number of rotatable bonds is 3. The van der Waals surface area contributed by atoms with Crippen molar-refractivity contribution in [2.24, 2.45) is 0 Å². The van der Waals surface area contributed by atoms with Crippen LogP contribution in [0.3, 0.4) is 0 Å². The number of anilines is 2. The monoisotopic (exact) mass is 329 g/mol. The van der Waals surface area contributed by atoms with Crippen molar-refractivity contribution in [2.75, 3.05) is 17.7 Å². The second kappa shape index (κ2) is 5.98. The molecule has 0 unspecified atom stereocenters. The standard InChI is InChI=1S/C16H16BrN3/c1-11-3-5-14(17)8-13(11)10-20(2)16-7-12(9-18)4-6-15(16)19/h3-8H,10,19H2,1-2H3. The fourth-order valence-corrected chi connectivity index (χ4v) is 2.50. The minimum absolute atomic E-state index is 0.618. The Bertz CT molecular complexity index is 674. The maximum absolute atomic E-state index is 8.99. The summed E-state index contributed by atoms with van der Waals surface area (Å²) in [6.45, 7) is 2.83. The number of nitrogens with two attached hydrogens (primary N) is 1. The van der Waals surface area contributed by atoms with Crippen molar-refractivity contribution in [1.82, 2.24) is 0 Å². The molecule has 3 nitrogen and oxygen atoms in total. The van der Waals surface area contributed by atoms with Crippen LogP contribution in [0.2, 0.25) is 0 Å².